The second kappa shape index (κ2) is 5.77. The molecule has 3 aromatic heterocycles. The maximum absolute atomic E-state index is 12.2. The van der Waals surface area contributed by atoms with Crippen LogP contribution >= 0.6 is 0 Å². The first kappa shape index (κ1) is 17.0. The molecule has 7 nitrogen and oxygen atoms in total. The van der Waals surface area contributed by atoms with Crippen LogP contribution in [0, 0.1) is 20.8 Å². The fourth-order valence-electron chi connectivity index (χ4n) is 3.89. The van der Waals surface area contributed by atoms with Gasteiger partial charge in [-0.1, -0.05) is 6.07 Å². The zero-order valence-corrected chi connectivity index (χ0v) is 15.7. The average Bonchev–Trinajstić information content (AvgIpc) is 3.19. The highest BCUT2D eigenvalue weighted by atomic mass is 16.5. The third-order valence-corrected chi connectivity index (χ3v) is 5.07. The van der Waals surface area contributed by atoms with Crippen LogP contribution in [-0.2, 0) is 0 Å². The predicted molar refractivity (Wildman–Crippen MR) is 106 cm³/mol. The molecule has 0 unspecified atom stereocenters. The molecule has 0 radical (unpaired) electrons. The first-order chi connectivity index (χ1) is 12.9. The van der Waals surface area contributed by atoms with Gasteiger partial charge in [0.25, 0.3) is 5.91 Å². The molecule has 4 rings (SSSR count). The number of primary amides is 1. The van der Waals surface area contributed by atoms with Gasteiger partial charge in [-0.25, -0.2) is 4.98 Å². The molecule has 0 fully saturated rings. The second-order valence-corrected chi connectivity index (χ2v) is 6.70. The average molecular weight is 363 g/mol. The smallest absolute Gasteiger partial charge is 0.253 e. The van der Waals surface area contributed by atoms with Crippen molar-refractivity contribution >= 4 is 28.4 Å². The number of carbonyl (C=O) groups is 1. The minimum Gasteiger partial charge on any atom is -0.496 e. The number of rotatable bonds is 3. The van der Waals surface area contributed by atoms with Crippen molar-refractivity contribution < 1.29 is 9.53 Å². The normalized spacial score (nSPS) is 11.4. The van der Waals surface area contributed by atoms with Crippen LogP contribution < -0.4 is 16.2 Å². The minimum absolute atomic E-state index is 0.303. The molecule has 27 heavy (non-hydrogen) atoms. The van der Waals surface area contributed by atoms with Crippen LogP contribution in [0.5, 0.6) is 5.75 Å². The molecule has 0 aliphatic heterocycles. The molecule has 1 aromatic carbocycles. The van der Waals surface area contributed by atoms with E-state index in [4.69, 9.17) is 16.2 Å². The molecule has 0 bridgehead atoms. The van der Waals surface area contributed by atoms with Crippen LogP contribution in [0.3, 0.4) is 0 Å². The third-order valence-electron chi connectivity index (χ3n) is 5.07. The number of pyridine rings is 1. The molecule has 4 aromatic rings. The fourth-order valence-corrected chi connectivity index (χ4v) is 3.89. The number of hydrogen-bond acceptors (Lipinski definition) is 4. The predicted octanol–water partition coefficient (Wildman–Crippen LogP) is 2.89. The molecule has 0 aliphatic carbocycles. The van der Waals surface area contributed by atoms with E-state index in [1.54, 1.807) is 13.3 Å². The van der Waals surface area contributed by atoms with Crippen molar-refractivity contribution in [1.82, 2.24) is 14.0 Å². The summed E-state index contributed by atoms with van der Waals surface area (Å²) in [7, 11) is 1.63. The number of aromatic nitrogens is 3. The summed E-state index contributed by atoms with van der Waals surface area (Å²) < 4.78 is 9.30. The van der Waals surface area contributed by atoms with Gasteiger partial charge < -0.3 is 16.2 Å². The van der Waals surface area contributed by atoms with Gasteiger partial charge in [-0.2, -0.15) is 0 Å². The number of amides is 1. The molecule has 4 N–H and O–H groups in total. The summed E-state index contributed by atoms with van der Waals surface area (Å²) >= 11 is 0. The van der Waals surface area contributed by atoms with Gasteiger partial charge in [0.1, 0.15) is 22.9 Å². The van der Waals surface area contributed by atoms with Crippen molar-refractivity contribution in [3.05, 3.63) is 52.8 Å². The monoisotopic (exact) mass is 363 g/mol. The van der Waals surface area contributed by atoms with Crippen molar-refractivity contribution in [2.75, 3.05) is 12.8 Å². The number of fused-ring (bicyclic) bond motifs is 3. The van der Waals surface area contributed by atoms with Crippen molar-refractivity contribution in [3.63, 3.8) is 0 Å². The Labute approximate surface area is 156 Å². The minimum atomic E-state index is -0.562. The first-order valence-corrected chi connectivity index (χ1v) is 8.57. The summed E-state index contributed by atoms with van der Waals surface area (Å²) in [5.74, 6) is 0.484. The number of nitrogens with two attached hydrogens (primary N) is 2. The Bertz CT molecular complexity index is 1230. The van der Waals surface area contributed by atoms with E-state index in [-0.39, 0.29) is 0 Å². The number of carbonyl (C=O) groups excluding carboxylic acids is 1. The Balaban J connectivity index is 2.28. The van der Waals surface area contributed by atoms with Gasteiger partial charge in [0.2, 0.25) is 0 Å². The molecular formula is C20H21N5O2. The highest BCUT2D eigenvalue weighted by Gasteiger charge is 2.25. The summed E-state index contributed by atoms with van der Waals surface area (Å²) in [6.07, 6.45) is 3.58. The van der Waals surface area contributed by atoms with Gasteiger partial charge in [-0.15, -0.1) is 0 Å². The zero-order valence-electron chi connectivity index (χ0n) is 15.7. The molecule has 7 heteroatoms. The lowest BCUT2D eigenvalue weighted by atomic mass is 10.1. The van der Waals surface area contributed by atoms with Gasteiger partial charge in [0.05, 0.1) is 18.4 Å². The number of hydrogen-bond donors (Lipinski definition) is 2. The lowest BCUT2D eigenvalue weighted by Gasteiger charge is -2.17. The van der Waals surface area contributed by atoms with E-state index in [0.717, 1.165) is 39.4 Å². The van der Waals surface area contributed by atoms with Crippen LogP contribution in [-0.4, -0.2) is 27.0 Å². The Kier molecular flexibility index (Phi) is 3.62. The molecule has 0 saturated heterocycles. The number of ether oxygens (including phenoxy) is 1. The van der Waals surface area contributed by atoms with E-state index < -0.39 is 5.91 Å². The fraction of sp³-hybridized carbons (Fsp3) is 0.200. The molecule has 0 saturated carbocycles. The summed E-state index contributed by atoms with van der Waals surface area (Å²) in [6, 6.07) is 5.80. The molecule has 0 atom stereocenters. The van der Waals surface area contributed by atoms with E-state index in [1.807, 2.05) is 54.1 Å². The lowest BCUT2D eigenvalue weighted by molar-refractivity contribution is 0.100. The third kappa shape index (κ3) is 2.21. The van der Waals surface area contributed by atoms with E-state index in [0.29, 0.717) is 16.8 Å². The molecule has 0 spiro atoms. The molecule has 138 valence electrons. The van der Waals surface area contributed by atoms with E-state index in [9.17, 15) is 4.79 Å². The number of methoxy groups -OCH3 is 1. The van der Waals surface area contributed by atoms with Crippen LogP contribution in [0.2, 0.25) is 0 Å². The molecule has 1 amide bonds. The Hall–Kier alpha value is -3.48. The largest absolute Gasteiger partial charge is 0.496 e. The van der Waals surface area contributed by atoms with Crippen molar-refractivity contribution in [2.24, 2.45) is 5.73 Å². The van der Waals surface area contributed by atoms with Crippen LogP contribution in [0.25, 0.3) is 22.4 Å². The Morgan fingerprint density at radius 2 is 1.93 bits per heavy atom. The molecular weight excluding hydrogens is 342 g/mol. The van der Waals surface area contributed by atoms with Crippen molar-refractivity contribution in [2.45, 2.75) is 20.8 Å². The standard InChI is InChI=1S/C20H21N5O2/c1-10-5-6-14(27-4)12(3)16(10)25-17(21)15(18(22)26)13-9-11(2)19-23-7-8-24(19)20(13)25/h5-9H,21H2,1-4H3,(H2,22,26). The van der Waals surface area contributed by atoms with Crippen LogP contribution in [0.1, 0.15) is 27.0 Å². The van der Waals surface area contributed by atoms with Crippen molar-refractivity contribution in [1.29, 1.82) is 0 Å². The summed E-state index contributed by atoms with van der Waals surface area (Å²) in [5, 5.41) is 0.699. The summed E-state index contributed by atoms with van der Waals surface area (Å²) in [5.41, 5.74) is 17.8. The number of aryl methyl sites for hydroxylation is 2. The van der Waals surface area contributed by atoms with Crippen LogP contribution in [0.4, 0.5) is 5.82 Å². The number of nitrogens with zero attached hydrogens (tertiary/aromatic N) is 3. The van der Waals surface area contributed by atoms with Gasteiger partial charge in [-0.05, 0) is 44.0 Å². The van der Waals surface area contributed by atoms with Crippen LogP contribution in [0.15, 0.2) is 30.6 Å². The first-order valence-electron chi connectivity index (χ1n) is 8.57. The number of anilines is 1. The SMILES string of the molecule is COc1ccc(C)c(-n2c(N)c(C(N)=O)c3cc(C)c4nccn4c32)c1C. The van der Waals surface area contributed by atoms with Gasteiger partial charge in [0, 0.05) is 23.3 Å². The number of imidazole rings is 1. The summed E-state index contributed by atoms with van der Waals surface area (Å²) in [4.78, 5) is 16.7. The maximum Gasteiger partial charge on any atom is 0.253 e. The van der Waals surface area contributed by atoms with Gasteiger partial charge >= 0.3 is 0 Å². The maximum atomic E-state index is 12.2. The zero-order chi connectivity index (χ0) is 19.5. The highest BCUT2D eigenvalue weighted by molar-refractivity contribution is 6.11. The molecule has 3 heterocycles. The summed E-state index contributed by atoms with van der Waals surface area (Å²) in [6.45, 7) is 5.91. The van der Waals surface area contributed by atoms with Gasteiger partial charge in [-0.3, -0.25) is 13.8 Å². The van der Waals surface area contributed by atoms with E-state index in [2.05, 4.69) is 4.98 Å². The highest BCUT2D eigenvalue weighted by Crippen LogP contribution is 2.37. The Morgan fingerprint density at radius 1 is 1.19 bits per heavy atom. The number of benzene rings is 1. The molecule has 0 aliphatic rings. The van der Waals surface area contributed by atoms with Gasteiger partial charge in [0.15, 0.2) is 0 Å². The topological polar surface area (TPSA) is 101 Å². The number of nitrogen functional groups attached to an aromatic ring is 1. The Morgan fingerprint density at radius 3 is 2.59 bits per heavy atom. The quantitative estimate of drug-likeness (QED) is 0.584. The van der Waals surface area contributed by atoms with Crippen molar-refractivity contribution in [3.8, 4) is 11.4 Å². The van der Waals surface area contributed by atoms with E-state index in [1.165, 1.54) is 0 Å². The second-order valence-electron chi connectivity index (χ2n) is 6.70. The lowest BCUT2D eigenvalue weighted by Crippen LogP contribution is -2.14. The van der Waals surface area contributed by atoms with E-state index >= 15 is 0 Å².